The fourth-order valence-electron chi connectivity index (χ4n) is 1.83. The number of aryl methyl sites for hydroxylation is 1. The summed E-state index contributed by atoms with van der Waals surface area (Å²) in [7, 11) is -1.67. The first-order chi connectivity index (χ1) is 9.06. The van der Waals surface area contributed by atoms with Crippen LogP contribution in [0.4, 0.5) is 5.69 Å². The third-order valence-electron chi connectivity index (χ3n) is 2.74. The molecule has 0 aliphatic rings. The molecule has 0 fully saturated rings. The Morgan fingerprint density at radius 1 is 1.42 bits per heavy atom. The lowest BCUT2D eigenvalue weighted by atomic mass is 10.4. The SMILES string of the molecule is CCn1cc(S(=O)(=O)Nc2ccsc2)cc1CNC. The Hall–Kier alpha value is -1.31. The van der Waals surface area contributed by atoms with E-state index in [2.05, 4.69) is 10.0 Å². The lowest BCUT2D eigenvalue weighted by molar-refractivity contribution is 0.600. The molecular weight excluding hydrogens is 282 g/mol. The summed E-state index contributed by atoms with van der Waals surface area (Å²) in [6.07, 6.45) is 1.67. The first kappa shape index (κ1) is 14.1. The molecule has 2 N–H and O–H groups in total. The van der Waals surface area contributed by atoms with Crippen LogP contribution in [0.15, 0.2) is 34.0 Å². The summed E-state index contributed by atoms with van der Waals surface area (Å²) in [5.41, 5.74) is 1.56. The molecule has 0 unspecified atom stereocenters. The third-order valence-corrected chi connectivity index (χ3v) is 4.77. The molecule has 2 heterocycles. The van der Waals surface area contributed by atoms with Crippen molar-refractivity contribution in [2.45, 2.75) is 24.9 Å². The monoisotopic (exact) mass is 299 g/mol. The normalized spacial score (nSPS) is 11.7. The second-order valence-electron chi connectivity index (χ2n) is 4.10. The second kappa shape index (κ2) is 5.77. The number of hydrogen-bond donors (Lipinski definition) is 2. The quantitative estimate of drug-likeness (QED) is 0.858. The smallest absolute Gasteiger partial charge is 0.263 e. The lowest BCUT2D eigenvalue weighted by Gasteiger charge is -2.04. The van der Waals surface area contributed by atoms with E-state index in [0.29, 0.717) is 17.1 Å². The predicted molar refractivity (Wildman–Crippen MR) is 78.0 cm³/mol. The number of nitrogens with zero attached hydrogens (tertiary/aromatic N) is 1. The molecule has 2 aromatic rings. The van der Waals surface area contributed by atoms with Crippen LogP contribution in [0, 0.1) is 0 Å². The number of nitrogens with one attached hydrogen (secondary N) is 2. The molecule has 2 aromatic heterocycles. The Morgan fingerprint density at radius 3 is 2.79 bits per heavy atom. The highest BCUT2D eigenvalue weighted by Crippen LogP contribution is 2.20. The maximum absolute atomic E-state index is 12.2. The highest BCUT2D eigenvalue weighted by atomic mass is 32.2. The fraction of sp³-hybridized carbons (Fsp3) is 0.333. The Labute approximate surface area is 117 Å². The van der Waals surface area contributed by atoms with Gasteiger partial charge in [-0.3, -0.25) is 4.72 Å². The molecule has 104 valence electrons. The highest BCUT2D eigenvalue weighted by molar-refractivity contribution is 7.92. The zero-order valence-electron chi connectivity index (χ0n) is 10.9. The van der Waals surface area contributed by atoms with Gasteiger partial charge >= 0.3 is 0 Å². The van der Waals surface area contributed by atoms with Crippen molar-refractivity contribution in [3.05, 3.63) is 34.8 Å². The highest BCUT2D eigenvalue weighted by Gasteiger charge is 2.18. The molecule has 5 nitrogen and oxygen atoms in total. The van der Waals surface area contributed by atoms with Crippen LogP contribution in [0.2, 0.25) is 0 Å². The molecule has 0 aliphatic heterocycles. The molecule has 0 spiro atoms. The zero-order valence-corrected chi connectivity index (χ0v) is 12.5. The van der Waals surface area contributed by atoms with Crippen molar-refractivity contribution in [1.29, 1.82) is 0 Å². The van der Waals surface area contributed by atoms with E-state index < -0.39 is 10.0 Å². The number of hydrogen-bond acceptors (Lipinski definition) is 4. The van der Waals surface area contributed by atoms with Gasteiger partial charge in [-0.15, -0.1) is 0 Å². The van der Waals surface area contributed by atoms with Gasteiger partial charge in [-0.25, -0.2) is 8.42 Å². The summed E-state index contributed by atoms with van der Waals surface area (Å²) >= 11 is 1.45. The summed E-state index contributed by atoms with van der Waals surface area (Å²) in [5, 5.41) is 6.64. The van der Waals surface area contributed by atoms with Crippen molar-refractivity contribution in [1.82, 2.24) is 9.88 Å². The van der Waals surface area contributed by atoms with E-state index in [1.165, 1.54) is 11.3 Å². The standard InChI is InChI=1S/C12H17N3O2S2/c1-3-15-8-12(6-11(15)7-13-2)19(16,17)14-10-4-5-18-9-10/h4-6,8-9,13-14H,3,7H2,1-2H3. The molecule has 0 amide bonds. The number of anilines is 1. The van der Waals surface area contributed by atoms with E-state index in [1.807, 2.05) is 23.9 Å². The average molecular weight is 299 g/mol. The summed E-state index contributed by atoms with van der Waals surface area (Å²) in [4.78, 5) is 0.297. The number of rotatable bonds is 6. The van der Waals surface area contributed by atoms with Crippen LogP contribution in [0.5, 0.6) is 0 Å². The van der Waals surface area contributed by atoms with Gasteiger partial charge in [0, 0.05) is 30.4 Å². The number of sulfonamides is 1. The van der Waals surface area contributed by atoms with E-state index >= 15 is 0 Å². The van der Waals surface area contributed by atoms with Crippen LogP contribution in [0.1, 0.15) is 12.6 Å². The van der Waals surface area contributed by atoms with Crippen molar-refractivity contribution in [3.8, 4) is 0 Å². The average Bonchev–Trinajstić information content (AvgIpc) is 2.98. The summed E-state index contributed by atoms with van der Waals surface area (Å²) in [5.74, 6) is 0. The first-order valence-corrected chi connectivity index (χ1v) is 8.38. The van der Waals surface area contributed by atoms with Crippen LogP contribution in [-0.2, 0) is 23.1 Å². The Morgan fingerprint density at radius 2 is 2.21 bits per heavy atom. The molecule has 0 bridgehead atoms. The first-order valence-electron chi connectivity index (χ1n) is 5.95. The van der Waals surface area contributed by atoms with Crippen LogP contribution in [0.25, 0.3) is 0 Å². The van der Waals surface area contributed by atoms with E-state index in [9.17, 15) is 8.42 Å². The molecule has 0 aliphatic carbocycles. The molecular formula is C12H17N3O2S2. The van der Waals surface area contributed by atoms with Gasteiger partial charge in [-0.1, -0.05) is 0 Å². The lowest BCUT2D eigenvalue weighted by Crippen LogP contribution is -2.11. The second-order valence-corrected chi connectivity index (χ2v) is 6.56. The van der Waals surface area contributed by atoms with Gasteiger partial charge < -0.3 is 9.88 Å². The minimum atomic E-state index is -3.51. The molecule has 2 rings (SSSR count). The minimum absolute atomic E-state index is 0.297. The third kappa shape index (κ3) is 3.17. The Bertz CT molecular complexity index is 630. The zero-order chi connectivity index (χ0) is 13.9. The summed E-state index contributed by atoms with van der Waals surface area (Å²) < 4.78 is 29.0. The number of aromatic nitrogens is 1. The topological polar surface area (TPSA) is 63.1 Å². The van der Waals surface area contributed by atoms with Crippen molar-refractivity contribution in [3.63, 3.8) is 0 Å². The molecule has 0 radical (unpaired) electrons. The maximum Gasteiger partial charge on any atom is 0.263 e. The number of thiophene rings is 1. The van der Waals surface area contributed by atoms with Crippen molar-refractivity contribution >= 4 is 27.0 Å². The van der Waals surface area contributed by atoms with Gasteiger partial charge in [0.15, 0.2) is 0 Å². The molecule has 0 saturated heterocycles. The van der Waals surface area contributed by atoms with E-state index in [4.69, 9.17) is 0 Å². The van der Waals surface area contributed by atoms with Gasteiger partial charge in [0.05, 0.1) is 5.69 Å². The van der Waals surface area contributed by atoms with Gasteiger partial charge in [0.1, 0.15) is 4.90 Å². The molecule has 0 aromatic carbocycles. The van der Waals surface area contributed by atoms with Crippen molar-refractivity contribution < 1.29 is 8.42 Å². The van der Waals surface area contributed by atoms with Crippen LogP contribution in [0.3, 0.4) is 0 Å². The fourth-order valence-corrected chi connectivity index (χ4v) is 3.61. The van der Waals surface area contributed by atoms with E-state index in [0.717, 1.165) is 12.2 Å². The molecule has 19 heavy (non-hydrogen) atoms. The van der Waals surface area contributed by atoms with E-state index in [1.54, 1.807) is 23.7 Å². The maximum atomic E-state index is 12.2. The largest absolute Gasteiger partial charge is 0.349 e. The van der Waals surface area contributed by atoms with Gasteiger partial charge in [0.25, 0.3) is 10.0 Å². The summed E-state index contributed by atoms with van der Waals surface area (Å²) in [6, 6.07) is 3.45. The van der Waals surface area contributed by atoms with Gasteiger partial charge in [-0.2, -0.15) is 11.3 Å². The molecule has 0 atom stereocenters. The Balaban J connectivity index is 2.30. The summed E-state index contributed by atoms with van der Waals surface area (Å²) in [6.45, 7) is 3.37. The van der Waals surface area contributed by atoms with Gasteiger partial charge in [-0.05, 0) is 31.5 Å². The van der Waals surface area contributed by atoms with Crippen LogP contribution < -0.4 is 10.0 Å². The predicted octanol–water partition coefficient (Wildman–Crippen LogP) is 2.09. The Kier molecular flexibility index (Phi) is 4.28. The minimum Gasteiger partial charge on any atom is -0.349 e. The van der Waals surface area contributed by atoms with Crippen molar-refractivity contribution in [2.75, 3.05) is 11.8 Å². The molecule has 7 heteroatoms. The van der Waals surface area contributed by atoms with Gasteiger partial charge in [0.2, 0.25) is 0 Å². The van der Waals surface area contributed by atoms with Crippen LogP contribution in [-0.4, -0.2) is 20.0 Å². The van der Waals surface area contributed by atoms with E-state index in [-0.39, 0.29) is 0 Å². The molecule has 0 saturated carbocycles. The van der Waals surface area contributed by atoms with Crippen molar-refractivity contribution in [2.24, 2.45) is 0 Å². The van der Waals surface area contributed by atoms with Crippen LogP contribution >= 0.6 is 11.3 Å².